The topological polar surface area (TPSA) is 72.2 Å². The van der Waals surface area contributed by atoms with E-state index in [-0.39, 0.29) is 17.9 Å². The molecule has 0 bridgehead atoms. The molecule has 23 heavy (non-hydrogen) atoms. The van der Waals surface area contributed by atoms with Gasteiger partial charge in [-0.3, -0.25) is 9.59 Å². The molecule has 0 aliphatic heterocycles. The zero-order valence-electron chi connectivity index (χ0n) is 13.3. The summed E-state index contributed by atoms with van der Waals surface area (Å²) < 4.78 is 39.0. The molecule has 2 atom stereocenters. The molecule has 7 heteroatoms. The lowest BCUT2D eigenvalue weighted by Gasteiger charge is -2.21. The maximum atomic E-state index is 13.0. The number of hydrogen-bond donors (Lipinski definition) is 2. The van der Waals surface area contributed by atoms with Crippen molar-refractivity contribution < 1.29 is 22.8 Å². The van der Waals surface area contributed by atoms with Crippen molar-refractivity contribution in [2.75, 3.05) is 0 Å². The molecule has 3 N–H and O–H groups in total. The van der Waals surface area contributed by atoms with Crippen molar-refractivity contribution in [2.45, 2.75) is 45.3 Å². The number of halogens is 3. The molecule has 0 saturated heterocycles. The quantitative estimate of drug-likeness (QED) is 0.842. The Hall–Kier alpha value is -2.05. The monoisotopic (exact) mass is 330 g/mol. The summed E-state index contributed by atoms with van der Waals surface area (Å²) in [5, 5.41) is 2.48. The molecule has 0 heterocycles. The second-order valence-corrected chi connectivity index (χ2v) is 5.88. The summed E-state index contributed by atoms with van der Waals surface area (Å²) in [6.45, 7) is 4.98. The highest BCUT2D eigenvalue weighted by Gasteiger charge is 2.34. The van der Waals surface area contributed by atoms with Gasteiger partial charge in [-0.2, -0.15) is 13.2 Å². The molecule has 1 rings (SSSR count). The second kappa shape index (κ2) is 7.48. The van der Waals surface area contributed by atoms with Crippen LogP contribution in [0.3, 0.4) is 0 Å². The van der Waals surface area contributed by atoms with Gasteiger partial charge in [0.25, 0.3) is 0 Å². The van der Waals surface area contributed by atoms with Crippen LogP contribution in [0.15, 0.2) is 24.3 Å². The average molecular weight is 330 g/mol. The molecule has 0 radical (unpaired) electrons. The molecule has 0 fully saturated rings. The van der Waals surface area contributed by atoms with Gasteiger partial charge in [-0.05, 0) is 23.5 Å². The molecule has 0 spiro atoms. The zero-order valence-corrected chi connectivity index (χ0v) is 13.3. The normalized spacial score (nSPS) is 14.4. The summed E-state index contributed by atoms with van der Waals surface area (Å²) in [6, 6.07) is 4.31. The molecule has 0 unspecified atom stereocenters. The van der Waals surface area contributed by atoms with Crippen LogP contribution in [0.4, 0.5) is 13.2 Å². The van der Waals surface area contributed by atoms with E-state index in [9.17, 15) is 22.8 Å². The smallest absolute Gasteiger partial charge is 0.368 e. The highest BCUT2D eigenvalue weighted by atomic mass is 19.4. The van der Waals surface area contributed by atoms with Gasteiger partial charge in [0.2, 0.25) is 11.8 Å². The Morgan fingerprint density at radius 1 is 1.17 bits per heavy atom. The fourth-order valence-corrected chi connectivity index (χ4v) is 2.37. The Morgan fingerprint density at radius 3 is 2.22 bits per heavy atom. The minimum atomic E-state index is -4.48. The predicted molar refractivity (Wildman–Crippen MR) is 80.4 cm³/mol. The Labute approximate surface area is 133 Å². The van der Waals surface area contributed by atoms with Crippen LogP contribution in [0.2, 0.25) is 0 Å². The van der Waals surface area contributed by atoms with Crippen molar-refractivity contribution in [3.05, 3.63) is 35.4 Å². The summed E-state index contributed by atoms with van der Waals surface area (Å²) in [4.78, 5) is 23.3. The van der Waals surface area contributed by atoms with E-state index in [1.54, 1.807) is 20.8 Å². The first-order valence-electron chi connectivity index (χ1n) is 7.28. The van der Waals surface area contributed by atoms with E-state index < -0.39 is 35.5 Å². The summed E-state index contributed by atoms with van der Waals surface area (Å²) in [7, 11) is 0. The van der Waals surface area contributed by atoms with Crippen molar-refractivity contribution in [1.82, 2.24) is 5.32 Å². The van der Waals surface area contributed by atoms with Crippen molar-refractivity contribution in [3.8, 4) is 0 Å². The Kier molecular flexibility index (Phi) is 6.18. The maximum absolute atomic E-state index is 13.0. The molecule has 0 aromatic heterocycles. The number of carbonyl (C=O) groups excluding carboxylic acids is 2. The van der Waals surface area contributed by atoms with Gasteiger partial charge in [-0.25, -0.2) is 0 Å². The van der Waals surface area contributed by atoms with Gasteiger partial charge in [0.05, 0.1) is 5.56 Å². The molecule has 2 amide bonds. The van der Waals surface area contributed by atoms with Gasteiger partial charge in [0.15, 0.2) is 0 Å². The zero-order chi connectivity index (χ0) is 17.8. The fourth-order valence-electron chi connectivity index (χ4n) is 2.37. The Bertz CT molecular complexity index is 571. The van der Waals surface area contributed by atoms with Crippen LogP contribution in [0, 0.1) is 5.92 Å². The number of amides is 2. The van der Waals surface area contributed by atoms with Gasteiger partial charge in [-0.1, -0.05) is 39.0 Å². The van der Waals surface area contributed by atoms with E-state index in [2.05, 4.69) is 5.32 Å². The van der Waals surface area contributed by atoms with Crippen LogP contribution in [0.5, 0.6) is 0 Å². The molecule has 1 aromatic carbocycles. The van der Waals surface area contributed by atoms with E-state index in [0.29, 0.717) is 0 Å². The minimum Gasteiger partial charge on any atom is -0.368 e. The highest BCUT2D eigenvalue weighted by Crippen LogP contribution is 2.35. The number of nitrogens with one attached hydrogen (secondary N) is 1. The molecular formula is C16H21F3N2O2. The largest absolute Gasteiger partial charge is 0.416 e. The predicted octanol–water partition coefficient (Wildman–Crippen LogP) is 2.83. The molecule has 1 aromatic rings. The number of alkyl halides is 3. The molecule has 0 aliphatic carbocycles. The van der Waals surface area contributed by atoms with Crippen LogP contribution in [-0.2, 0) is 15.8 Å². The lowest BCUT2D eigenvalue weighted by atomic mass is 9.92. The third-order valence-electron chi connectivity index (χ3n) is 3.58. The third-order valence-corrected chi connectivity index (χ3v) is 3.58. The van der Waals surface area contributed by atoms with Crippen molar-refractivity contribution in [2.24, 2.45) is 11.7 Å². The van der Waals surface area contributed by atoms with Gasteiger partial charge < -0.3 is 11.1 Å². The van der Waals surface area contributed by atoms with E-state index in [1.165, 1.54) is 18.2 Å². The highest BCUT2D eigenvalue weighted by molar-refractivity contribution is 5.87. The van der Waals surface area contributed by atoms with E-state index in [1.807, 2.05) is 0 Å². The number of nitrogens with two attached hydrogens (primary N) is 1. The fraction of sp³-hybridized carbons (Fsp3) is 0.500. The van der Waals surface area contributed by atoms with Crippen LogP contribution in [0.25, 0.3) is 0 Å². The number of rotatable bonds is 6. The first-order valence-corrected chi connectivity index (χ1v) is 7.28. The first-order chi connectivity index (χ1) is 10.5. The van der Waals surface area contributed by atoms with Gasteiger partial charge in [-0.15, -0.1) is 0 Å². The van der Waals surface area contributed by atoms with Crippen LogP contribution in [-0.4, -0.2) is 17.9 Å². The molecular weight excluding hydrogens is 309 g/mol. The van der Waals surface area contributed by atoms with E-state index in [0.717, 1.165) is 6.07 Å². The van der Waals surface area contributed by atoms with Crippen LogP contribution < -0.4 is 11.1 Å². The number of carbonyl (C=O) groups is 2. The van der Waals surface area contributed by atoms with Crippen molar-refractivity contribution in [1.29, 1.82) is 0 Å². The SMILES string of the molecule is CC(C)[C@@H](NC(=O)C[C@H](C)c1ccccc1C(F)(F)F)C(N)=O. The Balaban J connectivity index is 2.86. The van der Waals surface area contributed by atoms with Gasteiger partial charge in [0, 0.05) is 6.42 Å². The summed E-state index contributed by atoms with van der Waals surface area (Å²) in [5.41, 5.74) is 4.50. The van der Waals surface area contributed by atoms with Gasteiger partial charge in [0.1, 0.15) is 6.04 Å². The molecule has 4 nitrogen and oxygen atoms in total. The lowest BCUT2D eigenvalue weighted by Crippen LogP contribution is -2.47. The van der Waals surface area contributed by atoms with Crippen LogP contribution >= 0.6 is 0 Å². The molecule has 0 aliphatic rings. The minimum absolute atomic E-state index is 0.0512. The molecule has 128 valence electrons. The summed E-state index contributed by atoms with van der Waals surface area (Å²) >= 11 is 0. The van der Waals surface area contributed by atoms with Gasteiger partial charge >= 0.3 is 6.18 Å². The Morgan fingerprint density at radius 2 is 1.74 bits per heavy atom. The van der Waals surface area contributed by atoms with E-state index in [4.69, 9.17) is 5.73 Å². The number of benzene rings is 1. The second-order valence-electron chi connectivity index (χ2n) is 5.88. The third kappa shape index (κ3) is 5.26. The van der Waals surface area contributed by atoms with E-state index >= 15 is 0 Å². The summed E-state index contributed by atoms with van der Waals surface area (Å²) in [6.07, 6.45) is -4.64. The molecule has 0 saturated carbocycles. The number of primary amides is 1. The average Bonchev–Trinajstić information content (AvgIpc) is 2.43. The first kappa shape index (κ1) is 19.0. The number of hydrogen-bond acceptors (Lipinski definition) is 2. The van der Waals surface area contributed by atoms with Crippen molar-refractivity contribution in [3.63, 3.8) is 0 Å². The summed E-state index contributed by atoms with van der Waals surface area (Å²) in [5.74, 6) is -2.02. The standard InChI is InChI=1S/C16H21F3N2O2/c1-9(2)14(15(20)23)21-13(22)8-10(3)11-6-4-5-7-12(11)16(17,18)19/h4-7,9-10,14H,8H2,1-3H3,(H2,20,23)(H,21,22)/t10-,14+/m0/s1. The maximum Gasteiger partial charge on any atom is 0.416 e. The lowest BCUT2D eigenvalue weighted by molar-refractivity contribution is -0.138. The van der Waals surface area contributed by atoms with Crippen molar-refractivity contribution >= 4 is 11.8 Å². The van der Waals surface area contributed by atoms with Crippen LogP contribution in [0.1, 0.15) is 44.2 Å².